The molecular formula is C24H28FN3O4S2. The molecule has 1 aliphatic rings. The zero-order valence-corrected chi connectivity index (χ0v) is 20.5. The molecule has 3 unspecified atom stereocenters. The van der Waals surface area contributed by atoms with Gasteiger partial charge in [-0.25, -0.2) is 9.37 Å². The second-order valence-electron chi connectivity index (χ2n) is 8.44. The molecule has 3 atom stereocenters. The number of hydrogen-bond acceptors (Lipinski definition) is 8. The monoisotopic (exact) mass is 505 g/mol. The molecule has 2 N–H and O–H groups in total. The normalized spacial score (nSPS) is 19.9. The fourth-order valence-corrected chi connectivity index (χ4v) is 6.30. The Morgan fingerprint density at radius 3 is 3.00 bits per heavy atom. The average Bonchev–Trinajstić information content (AvgIpc) is 3.36. The number of carboxylic acid groups (broad SMARTS) is 1. The quantitative estimate of drug-likeness (QED) is 0.390. The first kappa shape index (κ1) is 24.8. The number of aliphatic hydroxyl groups excluding tert-OH is 1. The molecule has 0 spiro atoms. The minimum absolute atomic E-state index is 0.0688. The number of thiazole rings is 1. The maximum absolute atomic E-state index is 14.7. The Morgan fingerprint density at radius 1 is 1.41 bits per heavy atom. The van der Waals surface area contributed by atoms with E-state index in [1.54, 1.807) is 47.5 Å². The summed E-state index contributed by atoms with van der Waals surface area (Å²) in [6, 6.07) is 5.14. The molecule has 10 heteroatoms. The van der Waals surface area contributed by atoms with E-state index in [1.165, 1.54) is 7.11 Å². The van der Waals surface area contributed by atoms with Crippen molar-refractivity contribution in [3.05, 3.63) is 47.4 Å². The van der Waals surface area contributed by atoms with E-state index in [0.717, 1.165) is 35.8 Å². The van der Waals surface area contributed by atoms with Crippen LogP contribution >= 0.6 is 23.1 Å². The maximum atomic E-state index is 14.7. The Morgan fingerprint density at radius 2 is 2.26 bits per heavy atom. The predicted octanol–water partition coefficient (Wildman–Crippen LogP) is 4.47. The summed E-state index contributed by atoms with van der Waals surface area (Å²) in [7, 11) is 1.53. The van der Waals surface area contributed by atoms with E-state index >= 15 is 0 Å². The Balaban J connectivity index is 1.38. The topological polar surface area (TPSA) is 95.8 Å². The number of methoxy groups -OCH3 is 1. The average molecular weight is 506 g/mol. The van der Waals surface area contributed by atoms with Gasteiger partial charge in [0.2, 0.25) is 0 Å². The number of piperidine rings is 1. The largest absolute Gasteiger partial charge is 0.497 e. The molecule has 0 bridgehead atoms. The molecule has 0 saturated carbocycles. The van der Waals surface area contributed by atoms with Gasteiger partial charge < -0.3 is 19.8 Å². The molecule has 3 aromatic rings. The highest BCUT2D eigenvalue weighted by molar-refractivity contribution is 8.01. The minimum Gasteiger partial charge on any atom is -0.497 e. The molecule has 0 amide bonds. The fourth-order valence-electron chi connectivity index (χ4n) is 4.59. The number of aliphatic hydroxyl groups is 1. The first-order valence-electron chi connectivity index (χ1n) is 11.2. The van der Waals surface area contributed by atoms with E-state index in [4.69, 9.17) is 4.74 Å². The van der Waals surface area contributed by atoms with Crippen molar-refractivity contribution < 1.29 is 24.1 Å². The summed E-state index contributed by atoms with van der Waals surface area (Å²) in [5, 5.41) is 23.2. The lowest BCUT2D eigenvalue weighted by Gasteiger charge is -2.36. The van der Waals surface area contributed by atoms with Crippen molar-refractivity contribution in [3.63, 3.8) is 0 Å². The summed E-state index contributed by atoms with van der Waals surface area (Å²) in [6.07, 6.45) is 3.37. The van der Waals surface area contributed by atoms with Gasteiger partial charge in [-0.3, -0.25) is 9.78 Å². The zero-order chi connectivity index (χ0) is 24.1. The third-order valence-corrected chi connectivity index (χ3v) is 8.36. The number of benzene rings is 1. The molecule has 2 aromatic heterocycles. The van der Waals surface area contributed by atoms with Crippen molar-refractivity contribution in [2.45, 2.75) is 29.7 Å². The summed E-state index contributed by atoms with van der Waals surface area (Å²) >= 11 is 3.29. The number of ether oxygens (including phenoxy) is 1. The van der Waals surface area contributed by atoms with Crippen molar-refractivity contribution in [1.29, 1.82) is 0 Å². The molecular weight excluding hydrogens is 477 g/mol. The summed E-state index contributed by atoms with van der Waals surface area (Å²) in [4.78, 5) is 22.6. The van der Waals surface area contributed by atoms with Gasteiger partial charge in [-0.1, -0.05) is 11.8 Å². The molecule has 1 aliphatic heterocycles. The Kier molecular flexibility index (Phi) is 8.36. The standard InChI is InChI=1S/C24H28FN3O4S2/c1-32-16-3-4-20-17(12-16)22(19(25)13-27-20)21(29)5-2-15-6-8-28(14-18(15)23(30)31)9-11-34-24-26-7-10-33-24/h3-4,7,10,12-13,15,18,21,29H,2,5-6,8-9,11,14H2,1H3,(H,30,31). The van der Waals surface area contributed by atoms with E-state index < -0.39 is 23.8 Å². The predicted molar refractivity (Wildman–Crippen MR) is 131 cm³/mol. The second kappa shape index (κ2) is 11.4. The van der Waals surface area contributed by atoms with Gasteiger partial charge in [-0.15, -0.1) is 11.3 Å². The third-order valence-electron chi connectivity index (χ3n) is 6.41. The van der Waals surface area contributed by atoms with Crippen LogP contribution in [0.5, 0.6) is 5.75 Å². The van der Waals surface area contributed by atoms with E-state index in [-0.39, 0.29) is 17.9 Å². The van der Waals surface area contributed by atoms with Gasteiger partial charge in [0, 0.05) is 41.4 Å². The van der Waals surface area contributed by atoms with Crippen LogP contribution in [-0.4, -0.2) is 63.5 Å². The number of carbonyl (C=O) groups is 1. The number of aliphatic carboxylic acids is 1. The lowest BCUT2D eigenvalue weighted by molar-refractivity contribution is -0.146. The molecule has 1 aromatic carbocycles. The SMILES string of the molecule is COc1ccc2ncc(F)c(C(O)CCC3CCN(CCSc4nccs4)CC3C(=O)O)c2c1. The number of fused-ring (bicyclic) bond motifs is 1. The first-order chi connectivity index (χ1) is 16.5. The van der Waals surface area contributed by atoms with Crippen molar-refractivity contribution in [3.8, 4) is 5.75 Å². The fraction of sp³-hybridized carbons (Fsp3) is 0.458. The van der Waals surface area contributed by atoms with Crippen LogP contribution in [0.25, 0.3) is 10.9 Å². The summed E-state index contributed by atoms with van der Waals surface area (Å²) in [5.74, 6) is -0.552. The number of halogens is 1. The van der Waals surface area contributed by atoms with Crippen LogP contribution in [0.3, 0.4) is 0 Å². The van der Waals surface area contributed by atoms with Crippen molar-refractivity contribution in [2.75, 3.05) is 32.5 Å². The number of pyridine rings is 1. The minimum atomic E-state index is -1.06. The van der Waals surface area contributed by atoms with Crippen LogP contribution in [0, 0.1) is 17.7 Å². The lowest BCUT2D eigenvalue weighted by Crippen LogP contribution is -2.44. The van der Waals surface area contributed by atoms with Crippen molar-refractivity contribution >= 4 is 40.0 Å². The van der Waals surface area contributed by atoms with E-state index in [2.05, 4.69) is 14.9 Å². The van der Waals surface area contributed by atoms with Crippen LogP contribution in [0.2, 0.25) is 0 Å². The van der Waals surface area contributed by atoms with Crippen LogP contribution in [0.15, 0.2) is 40.3 Å². The molecule has 3 heterocycles. The van der Waals surface area contributed by atoms with Crippen LogP contribution < -0.4 is 4.74 Å². The van der Waals surface area contributed by atoms with Gasteiger partial charge >= 0.3 is 5.97 Å². The van der Waals surface area contributed by atoms with Gasteiger partial charge in [0.25, 0.3) is 0 Å². The third kappa shape index (κ3) is 5.86. The summed E-state index contributed by atoms with van der Waals surface area (Å²) < 4.78 is 20.9. The number of carboxylic acids is 1. The second-order valence-corrected chi connectivity index (χ2v) is 10.7. The van der Waals surface area contributed by atoms with Crippen molar-refractivity contribution in [2.24, 2.45) is 11.8 Å². The molecule has 0 radical (unpaired) electrons. The number of likely N-dealkylation sites (tertiary alicyclic amines) is 1. The molecule has 1 fully saturated rings. The molecule has 7 nitrogen and oxygen atoms in total. The van der Waals surface area contributed by atoms with Gasteiger partial charge in [0.05, 0.1) is 30.8 Å². The number of nitrogens with zero attached hydrogens (tertiary/aromatic N) is 3. The number of aromatic nitrogens is 2. The summed E-state index contributed by atoms with van der Waals surface area (Å²) in [6.45, 7) is 2.10. The molecule has 34 heavy (non-hydrogen) atoms. The highest BCUT2D eigenvalue weighted by atomic mass is 32.2. The van der Waals surface area contributed by atoms with Crippen molar-refractivity contribution in [1.82, 2.24) is 14.9 Å². The highest BCUT2D eigenvalue weighted by Crippen LogP contribution is 2.35. The number of rotatable bonds is 10. The van der Waals surface area contributed by atoms with E-state index in [0.29, 0.717) is 29.6 Å². The van der Waals surface area contributed by atoms with Gasteiger partial charge in [0.1, 0.15) is 15.9 Å². The Hall–Kier alpha value is -2.27. The van der Waals surface area contributed by atoms with Gasteiger partial charge in [-0.05, 0) is 49.9 Å². The zero-order valence-electron chi connectivity index (χ0n) is 18.9. The lowest BCUT2D eigenvalue weighted by atomic mass is 9.81. The number of hydrogen-bond donors (Lipinski definition) is 2. The molecule has 1 saturated heterocycles. The molecule has 4 rings (SSSR count). The van der Waals surface area contributed by atoms with E-state index in [9.17, 15) is 19.4 Å². The summed E-state index contributed by atoms with van der Waals surface area (Å²) in [5.41, 5.74) is 0.760. The first-order valence-corrected chi connectivity index (χ1v) is 13.1. The maximum Gasteiger partial charge on any atom is 0.308 e. The van der Waals surface area contributed by atoms with Gasteiger partial charge in [0.15, 0.2) is 0 Å². The van der Waals surface area contributed by atoms with Crippen LogP contribution in [-0.2, 0) is 4.79 Å². The Bertz CT molecular complexity index is 1120. The smallest absolute Gasteiger partial charge is 0.308 e. The van der Waals surface area contributed by atoms with E-state index in [1.807, 2.05) is 5.38 Å². The highest BCUT2D eigenvalue weighted by Gasteiger charge is 2.34. The van der Waals surface area contributed by atoms with Crippen LogP contribution in [0.4, 0.5) is 4.39 Å². The molecule has 182 valence electrons. The molecule has 0 aliphatic carbocycles. The van der Waals surface area contributed by atoms with Crippen LogP contribution in [0.1, 0.15) is 30.9 Å². The Labute approximate surface area is 206 Å². The van der Waals surface area contributed by atoms with Gasteiger partial charge in [-0.2, -0.15) is 0 Å². The number of thioether (sulfide) groups is 1.